The summed E-state index contributed by atoms with van der Waals surface area (Å²) >= 11 is 0. The molecule has 154 valence electrons. The lowest BCUT2D eigenvalue weighted by molar-refractivity contribution is 0.160. The predicted octanol–water partition coefficient (Wildman–Crippen LogP) is 6.50. The number of nitrogens with zero attached hydrogens (tertiary/aromatic N) is 1. The largest absolute Gasteiger partial charge is 0.493 e. The maximum Gasteiger partial charge on any atom is 0.176 e. The fraction of sp³-hybridized carbons (Fsp3) is 0.462. The van der Waals surface area contributed by atoms with E-state index < -0.39 is 0 Å². The molecule has 3 heteroatoms. The first-order valence-corrected chi connectivity index (χ1v) is 10.8. The first kappa shape index (κ1) is 20.0. The normalized spacial score (nSPS) is 20.5. The zero-order valence-corrected chi connectivity index (χ0v) is 18.4. The summed E-state index contributed by atoms with van der Waals surface area (Å²) in [6, 6.07) is 15.4. The molecular formula is C26H33NO2. The third-order valence-electron chi connectivity index (χ3n) is 6.53. The Morgan fingerprint density at radius 1 is 1.17 bits per heavy atom. The molecule has 1 saturated heterocycles. The highest BCUT2D eigenvalue weighted by Crippen LogP contribution is 2.38. The minimum absolute atomic E-state index is 0.559. The van der Waals surface area contributed by atoms with Crippen molar-refractivity contribution in [2.45, 2.75) is 52.5 Å². The molecule has 0 radical (unpaired) electrons. The fourth-order valence-electron chi connectivity index (χ4n) is 4.88. The standard InChI is InChI=1S/C26H33NO2/c1-17(2)21-8-6-7-9-22(21)24-16-27(13-12-18(24)3)15-20-10-11-25(28-5)26-23(20)14-19(4)29-26/h6-11,14,17-18,24H,12-13,15-16H2,1-5H3. The Bertz CT molecular complexity index is 988. The molecule has 1 fully saturated rings. The van der Waals surface area contributed by atoms with Crippen LogP contribution in [-0.4, -0.2) is 25.1 Å². The number of benzene rings is 2. The van der Waals surface area contributed by atoms with Crippen molar-refractivity contribution in [1.82, 2.24) is 4.90 Å². The van der Waals surface area contributed by atoms with Gasteiger partial charge in [0.1, 0.15) is 5.76 Å². The molecule has 3 aromatic rings. The van der Waals surface area contributed by atoms with E-state index in [4.69, 9.17) is 9.15 Å². The molecule has 2 aromatic carbocycles. The number of hydrogen-bond acceptors (Lipinski definition) is 3. The Hall–Kier alpha value is -2.26. The van der Waals surface area contributed by atoms with Gasteiger partial charge in [-0.1, -0.05) is 51.1 Å². The number of ether oxygens (including phenoxy) is 1. The van der Waals surface area contributed by atoms with Crippen molar-refractivity contribution in [3.8, 4) is 5.75 Å². The van der Waals surface area contributed by atoms with Crippen molar-refractivity contribution in [2.75, 3.05) is 20.2 Å². The van der Waals surface area contributed by atoms with Crippen molar-refractivity contribution in [3.05, 3.63) is 64.9 Å². The second kappa shape index (κ2) is 8.23. The number of rotatable bonds is 5. The summed E-state index contributed by atoms with van der Waals surface area (Å²) in [5, 5.41) is 1.18. The van der Waals surface area contributed by atoms with Gasteiger partial charge in [-0.2, -0.15) is 0 Å². The van der Waals surface area contributed by atoms with E-state index in [1.807, 2.05) is 13.0 Å². The number of fused-ring (bicyclic) bond motifs is 1. The third-order valence-corrected chi connectivity index (χ3v) is 6.53. The summed E-state index contributed by atoms with van der Waals surface area (Å²) < 4.78 is 11.4. The van der Waals surface area contributed by atoms with Gasteiger partial charge in [-0.25, -0.2) is 0 Å². The number of hydrogen-bond donors (Lipinski definition) is 0. The topological polar surface area (TPSA) is 25.6 Å². The van der Waals surface area contributed by atoms with Crippen LogP contribution in [-0.2, 0) is 6.54 Å². The Morgan fingerprint density at radius 3 is 2.72 bits per heavy atom. The zero-order chi connectivity index (χ0) is 20.5. The van der Waals surface area contributed by atoms with E-state index in [-0.39, 0.29) is 0 Å². The number of piperidine rings is 1. The highest BCUT2D eigenvalue weighted by atomic mass is 16.5. The number of likely N-dealkylation sites (tertiary alicyclic amines) is 1. The second-order valence-corrected chi connectivity index (χ2v) is 8.92. The fourth-order valence-corrected chi connectivity index (χ4v) is 4.88. The van der Waals surface area contributed by atoms with Crippen molar-refractivity contribution in [2.24, 2.45) is 5.92 Å². The van der Waals surface area contributed by atoms with Crippen LogP contribution in [0.3, 0.4) is 0 Å². The van der Waals surface area contributed by atoms with Gasteiger partial charge in [0.2, 0.25) is 0 Å². The number of methoxy groups -OCH3 is 1. The monoisotopic (exact) mass is 391 g/mol. The quantitative estimate of drug-likeness (QED) is 0.496. The summed E-state index contributed by atoms with van der Waals surface area (Å²) in [6.45, 7) is 12.2. The minimum Gasteiger partial charge on any atom is -0.493 e. The summed E-state index contributed by atoms with van der Waals surface area (Å²) in [7, 11) is 1.70. The van der Waals surface area contributed by atoms with Gasteiger partial charge < -0.3 is 9.15 Å². The lowest BCUT2D eigenvalue weighted by atomic mass is 9.78. The van der Waals surface area contributed by atoms with Gasteiger partial charge in [0.25, 0.3) is 0 Å². The molecule has 0 saturated carbocycles. The molecule has 0 spiro atoms. The predicted molar refractivity (Wildman–Crippen MR) is 120 cm³/mol. The van der Waals surface area contributed by atoms with Crippen molar-refractivity contribution in [3.63, 3.8) is 0 Å². The molecule has 2 unspecified atom stereocenters. The van der Waals surface area contributed by atoms with E-state index in [9.17, 15) is 0 Å². The van der Waals surface area contributed by atoms with Gasteiger partial charge in [0, 0.05) is 18.5 Å². The molecule has 0 N–H and O–H groups in total. The van der Waals surface area contributed by atoms with Crippen molar-refractivity contribution < 1.29 is 9.15 Å². The maximum atomic E-state index is 5.93. The van der Waals surface area contributed by atoms with Gasteiger partial charge in [-0.05, 0) is 66.5 Å². The van der Waals surface area contributed by atoms with Crippen LogP contribution >= 0.6 is 0 Å². The smallest absolute Gasteiger partial charge is 0.176 e. The van der Waals surface area contributed by atoms with E-state index in [0.29, 0.717) is 17.8 Å². The number of aryl methyl sites for hydroxylation is 1. The SMILES string of the molecule is COc1ccc(CN2CCC(C)C(c3ccccc3C(C)C)C2)c2cc(C)oc12. The summed E-state index contributed by atoms with van der Waals surface area (Å²) in [5.74, 6) is 3.60. The molecule has 0 amide bonds. The first-order valence-electron chi connectivity index (χ1n) is 10.8. The van der Waals surface area contributed by atoms with E-state index in [1.54, 1.807) is 12.7 Å². The Labute approximate surface area is 174 Å². The second-order valence-electron chi connectivity index (χ2n) is 8.92. The van der Waals surface area contributed by atoms with E-state index in [0.717, 1.165) is 36.7 Å². The lowest BCUT2D eigenvalue weighted by Gasteiger charge is -2.38. The Kier molecular flexibility index (Phi) is 5.69. The molecule has 29 heavy (non-hydrogen) atoms. The molecule has 3 nitrogen and oxygen atoms in total. The molecule has 2 atom stereocenters. The summed E-state index contributed by atoms with van der Waals surface area (Å²) in [4.78, 5) is 2.62. The van der Waals surface area contributed by atoms with Crippen molar-refractivity contribution in [1.29, 1.82) is 0 Å². The lowest BCUT2D eigenvalue weighted by Crippen LogP contribution is -2.38. The molecule has 1 aromatic heterocycles. The van der Waals surface area contributed by atoms with Crippen LogP contribution in [0.2, 0.25) is 0 Å². The van der Waals surface area contributed by atoms with E-state index in [2.05, 4.69) is 62.1 Å². The maximum absolute atomic E-state index is 5.93. The summed E-state index contributed by atoms with van der Waals surface area (Å²) in [6.07, 6.45) is 1.24. The molecule has 4 rings (SSSR count). The highest BCUT2D eigenvalue weighted by Gasteiger charge is 2.29. The molecular weight excluding hydrogens is 358 g/mol. The average Bonchev–Trinajstić information content (AvgIpc) is 3.11. The molecule has 2 heterocycles. The molecule has 1 aliphatic heterocycles. The van der Waals surface area contributed by atoms with Gasteiger partial charge in [0.15, 0.2) is 11.3 Å². The summed E-state index contributed by atoms with van der Waals surface area (Å²) in [5.41, 5.74) is 5.24. The minimum atomic E-state index is 0.559. The number of furan rings is 1. The van der Waals surface area contributed by atoms with E-state index >= 15 is 0 Å². The van der Waals surface area contributed by atoms with Crippen LogP contribution in [0.15, 0.2) is 46.9 Å². The Morgan fingerprint density at radius 2 is 1.97 bits per heavy atom. The van der Waals surface area contributed by atoms with Gasteiger partial charge in [0.05, 0.1) is 7.11 Å². The highest BCUT2D eigenvalue weighted by molar-refractivity contribution is 5.87. The Balaban J connectivity index is 1.61. The van der Waals surface area contributed by atoms with Crippen LogP contribution in [0.25, 0.3) is 11.0 Å². The van der Waals surface area contributed by atoms with Gasteiger partial charge >= 0.3 is 0 Å². The molecule has 0 aliphatic carbocycles. The van der Waals surface area contributed by atoms with Crippen LogP contribution < -0.4 is 4.74 Å². The van der Waals surface area contributed by atoms with Gasteiger partial charge in [-0.15, -0.1) is 0 Å². The van der Waals surface area contributed by atoms with Crippen LogP contribution in [0.5, 0.6) is 5.75 Å². The molecule has 1 aliphatic rings. The van der Waals surface area contributed by atoms with Crippen LogP contribution in [0.1, 0.15) is 61.5 Å². The molecule has 0 bridgehead atoms. The van der Waals surface area contributed by atoms with Crippen molar-refractivity contribution >= 4 is 11.0 Å². The van der Waals surface area contributed by atoms with Crippen LogP contribution in [0.4, 0.5) is 0 Å². The first-order chi connectivity index (χ1) is 14.0. The van der Waals surface area contributed by atoms with E-state index in [1.165, 1.54) is 22.9 Å². The zero-order valence-electron chi connectivity index (χ0n) is 18.4. The van der Waals surface area contributed by atoms with Gasteiger partial charge in [-0.3, -0.25) is 4.90 Å². The van der Waals surface area contributed by atoms with Crippen LogP contribution in [0, 0.1) is 12.8 Å². The third kappa shape index (κ3) is 3.93. The average molecular weight is 392 g/mol.